The van der Waals surface area contributed by atoms with E-state index in [0.29, 0.717) is 0 Å². The molecule has 0 bridgehead atoms. The van der Waals surface area contributed by atoms with Gasteiger partial charge in [-0.05, 0) is 11.5 Å². The van der Waals surface area contributed by atoms with E-state index in [1.54, 1.807) is 12.3 Å². The lowest BCUT2D eigenvalue weighted by Crippen LogP contribution is -1.93. The van der Waals surface area contributed by atoms with Crippen molar-refractivity contribution in [3.8, 4) is 0 Å². The largest absolute Gasteiger partial charge is 0.287 e. The molecular formula is C8H10N2O2. The van der Waals surface area contributed by atoms with Gasteiger partial charge in [0.25, 0.3) is 5.69 Å². The maximum atomic E-state index is 10.3. The predicted octanol–water partition coefficient (Wildman–Crippen LogP) is 2.11. The fourth-order valence-electron chi connectivity index (χ4n) is 0.861. The minimum absolute atomic E-state index is 0.0567. The fraction of sp³-hybridized carbons (Fsp3) is 0.375. The molecule has 0 amide bonds. The Kier molecular flexibility index (Phi) is 2.38. The van der Waals surface area contributed by atoms with Gasteiger partial charge in [0.05, 0.1) is 4.92 Å². The van der Waals surface area contributed by atoms with E-state index in [1.807, 2.05) is 13.8 Å². The van der Waals surface area contributed by atoms with Crippen molar-refractivity contribution in [3.63, 3.8) is 0 Å². The summed E-state index contributed by atoms with van der Waals surface area (Å²) >= 11 is 0. The molecule has 1 heterocycles. The molecule has 0 aliphatic carbocycles. The van der Waals surface area contributed by atoms with Crippen LogP contribution in [0.2, 0.25) is 0 Å². The van der Waals surface area contributed by atoms with E-state index in [2.05, 4.69) is 4.98 Å². The van der Waals surface area contributed by atoms with Crippen molar-refractivity contribution >= 4 is 5.69 Å². The second-order valence-electron chi connectivity index (χ2n) is 2.89. The van der Waals surface area contributed by atoms with Gasteiger partial charge in [-0.3, -0.25) is 15.1 Å². The van der Waals surface area contributed by atoms with Crippen molar-refractivity contribution in [1.29, 1.82) is 0 Å². The maximum absolute atomic E-state index is 10.3. The molecule has 0 fully saturated rings. The van der Waals surface area contributed by atoms with Gasteiger partial charge >= 0.3 is 0 Å². The van der Waals surface area contributed by atoms with Crippen LogP contribution >= 0.6 is 0 Å². The summed E-state index contributed by atoms with van der Waals surface area (Å²) in [5.41, 5.74) is 0.949. The van der Waals surface area contributed by atoms with Crippen LogP contribution in [0.25, 0.3) is 0 Å². The normalized spacial score (nSPS) is 10.2. The van der Waals surface area contributed by atoms with Crippen LogP contribution in [0.15, 0.2) is 18.5 Å². The molecule has 4 nitrogen and oxygen atoms in total. The zero-order chi connectivity index (χ0) is 9.14. The highest BCUT2D eigenvalue weighted by Crippen LogP contribution is 2.17. The first-order valence-electron chi connectivity index (χ1n) is 3.70. The first kappa shape index (κ1) is 8.64. The Labute approximate surface area is 70.4 Å². The van der Waals surface area contributed by atoms with Crippen LogP contribution in [-0.4, -0.2) is 9.91 Å². The zero-order valence-corrected chi connectivity index (χ0v) is 7.02. The molecule has 0 saturated heterocycles. The number of nitro groups is 1. The summed E-state index contributed by atoms with van der Waals surface area (Å²) in [6.45, 7) is 3.95. The van der Waals surface area contributed by atoms with Gasteiger partial charge in [-0.2, -0.15) is 0 Å². The summed E-state index contributed by atoms with van der Waals surface area (Å²) in [7, 11) is 0. The Morgan fingerprint density at radius 3 is 2.67 bits per heavy atom. The van der Waals surface area contributed by atoms with Gasteiger partial charge in [-0.1, -0.05) is 13.8 Å². The summed E-state index contributed by atoms with van der Waals surface area (Å²) in [6.07, 6.45) is 2.91. The minimum atomic E-state index is -0.432. The monoisotopic (exact) mass is 166 g/mol. The second-order valence-corrected chi connectivity index (χ2v) is 2.89. The number of rotatable bonds is 2. The molecule has 12 heavy (non-hydrogen) atoms. The van der Waals surface area contributed by atoms with Gasteiger partial charge in [0, 0.05) is 12.3 Å². The smallest absolute Gasteiger partial charge is 0.258 e. The summed E-state index contributed by atoms with van der Waals surface area (Å²) in [4.78, 5) is 13.7. The molecule has 0 saturated carbocycles. The predicted molar refractivity (Wildman–Crippen MR) is 45.0 cm³/mol. The van der Waals surface area contributed by atoms with E-state index in [4.69, 9.17) is 0 Å². The molecule has 1 aromatic rings. The van der Waals surface area contributed by atoms with Gasteiger partial charge < -0.3 is 0 Å². The van der Waals surface area contributed by atoms with Crippen LogP contribution in [0, 0.1) is 10.1 Å². The molecule has 0 spiro atoms. The lowest BCUT2D eigenvalue weighted by atomic mass is 10.1. The minimum Gasteiger partial charge on any atom is -0.258 e. The van der Waals surface area contributed by atoms with E-state index in [0.717, 1.165) is 5.56 Å². The molecule has 1 rings (SSSR count). The average Bonchev–Trinajstić information content (AvgIpc) is 2.04. The number of hydrogen-bond acceptors (Lipinski definition) is 3. The Morgan fingerprint density at radius 1 is 1.50 bits per heavy atom. The Morgan fingerprint density at radius 2 is 2.17 bits per heavy atom. The third-order valence-corrected chi connectivity index (χ3v) is 1.62. The fourth-order valence-corrected chi connectivity index (χ4v) is 0.861. The van der Waals surface area contributed by atoms with Crippen LogP contribution in [0.5, 0.6) is 0 Å². The van der Waals surface area contributed by atoms with Crippen LogP contribution in [0.3, 0.4) is 0 Å². The Balaban J connectivity index is 3.04. The van der Waals surface area contributed by atoms with Gasteiger partial charge in [-0.15, -0.1) is 0 Å². The number of pyridine rings is 1. The molecule has 64 valence electrons. The Hall–Kier alpha value is -1.45. The molecule has 0 atom stereocenters. The van der Waals surface area contributed by atoms with E-state index in [1.165, 1.54) is 6.20 Å². The summed E-state index contributed by atoms with van der Waals surface area (Å²) in [5, 5.41) is 10.3. The zero-order valence-electron chi connectivity index (χ0n) is 7.02. The molecule has 1 aromatic heterocycles. The molecule has 0 N–H and O–H groups in total. The van der Waals surface area contributed by atoms with Crippen molar-refractivity contribution in [2.24, 2.45) is 0 Å². The number of hydrogen-bond donors (Lipinski definition) is 0. The van der Waals surface area contributed by atoms with Gasteiger partial charge in [0.1, 0.15) is 6.20 Å². The molecule has 4 heteroatoms. The van der Waals surface area contributed by atoms with Gasteiger partial charge in [-0.25, -0.2) is 0 Å². The maximum Gasteiger partial charge on any atom is 0.287 e. The first-order valence-corrected chi connectivity index (χ1v) is 3.70. The second kappa shape index (κ2) is 3.30. The molecular weight excluding hydrogens is 156 g/mol. The molecule has 0 aliphatic heterocycles. The standard InChI is InChI=1S/C8H10N2O2/c1-6(2)7-3-8(10(11)12)5-9-4-7/h3-6H,1-2H3. The first-order chi connectivity index (χ1) is 5.61. The number of nitrogens with zero attached hydrogens (tertiary/aromatic N) is 2. The lowest BCUT2D eigenvalue weighted by Gasteiger charge is -2.02. The van der Waals surface area contributed by atoms with Crippen molar-refractivity contribution in [1.82, 2.24) is 4.98 Å². The molecule has 0 aliphatic rings. The van der Waals surface area contributed by atoms with Crippen LogP contribution < -0.4 is 0 Å². The van der Waals surface area contributed by atoms with E-state index in [9.17, 15) is 10.1 Å². The van der Waals surface area contributed by atoms with Crippen LogP contribution in [0.4, 0.5) is 5.69 Å². The highest BCUT2D eigenvalue weighted by Gasteiger charge is 2.07. The molecule has 0 aromatic carbocycles. The van der Waals surface area contributed by atoms with Crippen molar-refractivity contribution in [3.05, 3.63) is 34.1 Å². The Bertz CT molecular complexity index is 297. The summed E-state index contributed by atoms with van der Waals surface area (Å²) < 4.78 is 0. The van der Waals surface area contributed by atoms with E-state index >= 15 is 0 Å². The van der Waals surface area contributed by atoms with Crippen molar-refractivity contribution < 1.29 is 4.92 Å². The third-order valence-electron chi connectivity index (χ3n) is 1.62. The van der Waals surface area contributed by atoms with Gasteiger partial charge in [0.15, 0.2) is 0 Å². The third kappa shape index (κ3) is 1.78. The number of aromatic nitrogens is 1. The molecule has 0 unspecified atom stereocenters. The molecule has 0 radical (unpaired) electrons. The van der Waals surface area contributed by atoms with Crippen LogP contribution in [-0.2, 0) is 0 Å². The van der Waals surface area contributed by atoms with Gasteiger partial charge in [0.2, 0.25) is 0 Å². The highest BCUT2D eigenvalue weighted by molar-refractivity contribution is 5.31. The van der Waals surface area contributed by atoms with E-state index in [-0.39, 0.29) is 11.6 Å². The van der Waals surface area contributed by atoms with Crippen molar-refractivity contribution in [2.75, 3.05) is 0 Å². The topological polar surface area (TPSA) is 56.0 Å². The highest BCUT2D eigenvalue weighted by atomic mass is 16.6. The van der Waals surface area contributed by atoms with Crippen molar-refractivity contribution in [2.45, 2.75) is 19.8 Å². The SMILES string of the molecule is CC(C)c1cncc([N+](=O)[O-])c1. The average molecular weight is 166 g/mol. The summed E-state index contributed by atoms with van der Waals surface area (Å²) in [6, 6.07) is 1.55. The van der Waals surface area contributed by atoms with Crippen LogP contribution in [0.1, 0.15) is 25.3 Å². The lowest BCUT2D eigenvalue weighted by molar-refractivity contribution is -0.385. The summed E-state index contributed by atoms with van der Waals surface area (Å²) in [5.74, 6) is 0.275. The quantitative estimate of drug-likeness (QED) is 0.499. The van der Waals surface area contributed by atoms with E-state index < -0.39 is 4.92 Å².